The second-order valence-corrected chi connectivity index (χ2v) is 6.10. The molecule has 0 spiro atoms. The molecule has 0 atom stereocenters. The molecule has 5 heteroatoms. The third kappa shape index (κ3) is 4.06. The lowest BCUT2D eigenvalue weighted by Crippen LogP contribution is -2.22. The van der Waals surface area contributed by atoms with Crippen molar-refractivity contribution in [2.75, 3.05) is 16.8 Å². The molecule has 1 heterocycles. The summed E-state index contributed by atoms with van der Waals surface area (Å²) in [6.45, 7) is 6.66. The lowest BCUT2D eigenvalue weighted by molar-refractivity contribution is 0.102. The standard InChI is InChI=1S/C21H22N4O/c1-4-25(18-12-8-9-15(2)13-18)21-22-16(3)14-19(24-21)20(26)23-17-10-6-5-7-11-17/h5-14H,4H2,1-3H3,(H,23,26). The molecule has 0 aliphatic rings. The van der Waals surface area contributed by atoms with Crippen molar-refractivity contribution in [2.45, 2.75) is 20.8 Å². The number of carbonyl (C=O) groups is 1. The molecule has 26 heavy (non-hydrogen) atoms. The maximum atomic E-state index is 12.6. The highest BCUT2D eigenvalue weighted by Crippen LogP contribution is 2.23. The molecule has 0 radical (unpaired) electrons. The van der Waals surface area contributed by atoms with E-state index in [2.05, 4.69) is 21.4 Å². The van der Waals surface area contributed by atoms with Crippen molar-refractivity contribution < 1.29 is 4.79 Å². The summed E-state index contributed by atoms with van der Waals surface area (Å²) in [5.41, 5.74) is 4.01. The van der Waals surface area contributed by atoms with Gasteiger partial charge in [0.15, 0.2) is 0 Å². The minimum atomic E-state index is -0.247. The Morgan fingerprint density at radius 1 is 1.00 bits per heavy atom. The lowest BCUT2D eigenvalue weighted by atomic mass is 10.2. The number of aromatic nitrogens is 2. The van der Waals surface area contributed by atoms with Gasteiger partial charge in [0.1, 0.15) is 5.69 Å². The zero-order valence-electron chi connectivity index (χ0n) is 15.2. The number of nitrogens with zero attached hydrogens (tertiary/aromatic N) is 3. The molecule has 0 saturated heterocycles. The lowest BCUT2D eigenvalue weighted by Gasteiger charge is -2.22. The number of amides is 1. The molecule has 2 aromatic carbocycles. The minimum absolute atomic E-state index is 0.247. The molecule has 0 fully saturated rings. The monoisotopic (exact) mass is 346 g/mol. The topological polar surface area (TPSA) is 58.1 Å². The first-order valence-electron chi connectivity index (χ1n) is 8.63. The summed E-state index contributed by atoms with van der Waals surface area (Å²) < 4.78 is 0. The fourth-order valence-corrected chi connectivity index (χ4v) is 2.74. The first-order chi connectivity index (χ1) is 12.6. The van der Waals surface area contributed by atoms with E-state index >= 15 is 0 Å². The molecule has 0 aliphatic carbocycles. The van der Waals surface area contributed by atoms with Crippen LogP contribution in [-0.2, 0) is 0 Å². The second-order valence-electron chi connectivity index (χ2n) is 6.10. The van der Waals surface area contributed by atoms with Gasteiger partial charge in [-0.3, -0.25) is 4.79 Å². The molecule has 3 rings (SSSR count). The van der Waals surface area contributed by atoms with Gasteiger partial charge in [0, 0.05) is 23.6 Å². The minimum Gasteiger partial charge on any atom is -0.321 e. The van der Waals surface area contributed by atoms with Crippen molar-refractivity contribution >= 4 is 23.2 Å². The van der Waals surface area contributed by atoms with Gasteiger partial charge in [-0.2, -0.15) is 0 Å². The first-order valence-corrected chi connectivity index (χ1v) is 8.63. The van der Waals surface area contributed by atoms with E-state index in [1.807, 2.05) is 74.2 Å². The van der Waals surface area contributed by atoms with Crippen LogP contribution >= 0.6 is 0 Å². The largest absolute Gasteiger partial charge is 0.321 e. The Bertz CT molecular complexity index is 909. The number of rotatable bonds is 5. The van der Waals surface area contributed by atoms with Crippen LogP contribution in [0.5, 0.6) is 0 Å². The van der Waals surface area contributed by atoms with E-state index in [9.17, 15) is 4.79 Å². The molecule has 0 bridgehead atoms. The zero-order valence-corrected chi connectivity index (χ0v) is 15.2. The molecule has 1 amide bonds. The average molecular weight is 346 g/mol. The SMILES string of the molecule is CCN(c1cccc(C)c1)c1nc(C)cc(C(=O)Nc2ccccc2)n1. The van der Waals surface area contributed by atoms with E-state index in [0.717, 1.165) is 22.6 Å². The van der Waals surface area contributed by atoms with E-state index in [0.29, 0.717) is 18.2 Å². The van der Waals surface area contributed by atoms with Crippen molar-refractivity contribution in [3.8, 4) is 0 Å². The van der Waals surface area contributed by atoms with Gasteiger partial charge in [0.25, 0.3) is 5.91 Å². The van der Waals surface area contributed by atoms with Gasteiger partial charge in [-0.15, -0.1) is 0 Å². The Morgan fingerprint density at radius 3 is 2.46 bits per heavy atom. The molecule has 5 nitrogen and oxygen atoms in total. The average Bonchev–Trinajstić information content (AvgIpc) is 2.63. The predicted molar refractivity (Wildman–Crippen MR) is 105 cm³/mol. The maximum Gasteiger partial charge on any atom is 0.274 e. The predicted octanol–water partition coefficient (Wildman–Crippen LogP) is 4.50. The van der Waals surface area contributed by atoms with Crippen LogP contribution in [0.4, 0.5) is 17.3 Å². The Balaban J connectivity index is 1.92. The first kappa shape index (κ1) is 17.6. The van der Waals surface area contributed by atoms with Crippen LogP contribution < -0.4 is 10.2 Å². The van der Waals surface area contributed by atoms with Gasteiger partial charge in [0.2, 0.25) is 5.95 Å². The van der Waals surface area contributed by atoms with Crippen LogP contribution in [-0.4, -0.2) is 22.4 Å². The molecular weight excluding hydrogens is 324 g/mol. The number of hydrogen-bond acceptors (Lipinski definition) is 4. The molecule has 132 valence electrons. The van der Waals surface area contributed by atoms with Crippen molar-refractivity contribution in [3.63, 3.8) is 0 Å². The van der Waals surface area contributed by atoms with Crippen LogP contribution in [0, 0.1) is 13.8 Å². The van der Waals surface area contributed by atoms with Crippen LogP contribution in [0.15, 0.2) is 60.7 Å². The van der Waals surface area contributed by atoms with Crippen LogP contribution in [0.1, 0.15) is 28.7 Å². The summed E-state index contributed by atoms with van der Waals surface area (Å²) in [6, 6.07) is 19.2. The van der Waals surface area contributed by atoms with Crippen molar-refractivity contribution in [2.24, 2.45) is 0 Å². The zero-order chi connectivity index (χ0) is 18.5. The number of benzene rings is 2. The Kier molecular flexibility index (Phi) is 5.27. The van der Waals surface area contributed by atoms with Gasteiger partial charge in [-0.1, -0.05) is 30.3 Å². The Morgan fingerprint density at radius 2 is 1.77 bits per heavy atom. The van der Waals surface area contributed by atoms with E-state index in [-0.39, 0.29) is 5.91 Å². The molecule has 0 aliphatic heterocycles. The molecule has 1 aromatic heterocycles. The summed E-state index contributed by atoms with van der Waals surface area (Å²) in [6.07, 6.45) is 0. The Hall–Kier alpha value is -3.21. The van der Waals surface area contributed by atoms with E-state index in [1.54, 1.807) is 6.07 Å². The smallest absolute Gasteiger partial charge is 0.274 e. The van der Waals surface area contributed by atoms with Crippen LogP contribution in [0.3, 0.4) is 0 Å². The molecular formula is C21H22N4O. The molecule has 0 saturated carbocycles. The number of hydrogen-bond donors (Lipinski definition) is 1. The highest BCUT2D eigenvalue weighted by Gasteiger charge is 2.16. The molecule has 0 unspecified atom stereocenters. The number of carbonyl (C=O) groups excluding carboxylic acids is 1. The van der Waals surface area contributed by atoms with Gasteiger partial charge >= 0.3 is 0 Å². The van der Waals surface area contributed by atoms with E-state index < -0.39 is 0 Å². The number of aryl methyl sites for hydroxylation is 2. The summed E-state index contributed by atoms with van der Waals surface area (Å²) >= 11 is 0. The maximum absolute atomic E-state index is 12.6. The van der Waals surface area contributed by atoms with Crippen molar-refractivity contribution in [1.29, 1.82) is 0 Å². The molecule has 3 aromatic rings. The van der Waals surface area contributed by atoms with Gasteiger partial charge < -0.3 is 10.2 Å². The highest BCUT2D eigenvalue weighted by atomic mass is 16.1. The van der Waals surface area contributed by atoms with Gasteiger partial charge in [-0.25, -0.2) is 9.97 Å². The number of anilines is 3. The van der Waals surface area contributed by atoms with Crippen LogP contribution in [0.2, 0.25) is 0 Å². The van der Waals surface area contributed by atoms with E-state index in [1.165, 1.54) is 0 Å². The highest BCUT2D eigenvalue weighted by molar-refractivity contribution is 6.03. The fourth-order valence-electron chi connectivity index (χ4n) is 2.74. The van der Waals surface area contributed by atoms with Crippen molar-refractivity contribution in [1.82, 2.24) is 9.97 Å². The summed E-state index contributed by atoms with van der Waals surface area (Å²) in [5.74, 6) is 0.277. The summed E-state index contributed by atoms with van der Waals surface area (Å²) in [5, 5.41) is 2.87. The number of para-hydroxylation sites is 1. The van der Waals surface area contributed by atoms with Crippen LogP contribution in [0.25, 0.3) is 0 Å². The number of nitrogens with one attached hydrogen (secondary N) is 1. The van der Waals surface area contributed by atoms with Gasteiger partial charge in [-0.05, 0) is 56.7 Å². The van der Waals surface area contributed by atoms with E-state index in [4.69, 9.17) is 0 Å². The third-order valence-electron chi connectivity index (χ3n) is 3.98. The quantitative estimate of drug-likeness (QED) is 0.739. The molecule has 1 N–H and O–H groups in total. The Labute approximate surface area is 153 Å². The normalized spacial score (nSPS) is 10.4. The van der Waals surface area contributed by atoms with Crippen molar-refractivity contribution in [3.05, 3.63) is 77.6 Å². The summed E-state index contributed by atoms with van der Waals surface area (Å²) in [7, 11) is 0. The summed E-state index contributed by atoms with van der Waals surface area (Å²) in [4.78, 5) is 23.6. The second kappa shape index (κ2) is 7.78. The fraction of sp³-hybridized carbons (Fsp3) is 0.190. The van der Waals surface area contributed by atoms with Gasteiger partial charge in [0.05, 0.1) is 0 Å². The third-order valence-corrected chi connectivity index (χ3v) is 3.98.